The van der Waals surface area contributed by atoms with E-state index in [9.17, 15) is 19.5 Å². The number of allylic oxidation sites excluding steroid dienone is 1. The molecular formula is C18H30N2O6S. The van der Waals surface area contributed by atoms with E-state index in [1.807, 2.05) is 12.2 Å². The van der Waals surface area contributed by atoms with Gasteiger partial charge in [-0.2, -0.15) is 11.8 Å². The molecule has 0 aromatic heterocycles. The summed E-state index contributed by atoms with van der Waals surface area (Å²) in [5.41, 5.74) is 0. The minimum atomic E-state index is -1.09. The monoisotopic (exact) mass is 402 g/mol. The number of hydrogen-bond acceptors (Lipinski definition) is 6. The summed E-state index contributed by atoms with van der Waals surface area (Å²) in [5.74, 6) is -2.29. The smallest absolute Gasteiger partial charge is 0.328 e. The number of unbranched alkanes of at least 4 members (excludes halogenated alkanes) is 2. The van der Waals surface area contributed by atoms with Crippen molar-refractivity contribution in [2.75, 3.05) is 24.6 Å². The Morgan fingerprint density at radius 2 is 1.59 bits per heavy atom. The zero-order valence-corrected chi connectivity index (χ0v) is 16.4. The Bertz CT molecular complexity index is 510. The molecule has 0 amide bonds. The highest BCUT2D eigenvalue weighted by Gasteiger charge is 2.18. The van der Waals surface area contributed by atoms with Crippen molar-refractivity contribution < 1.29 is 29.7 Å². The fraction of sp³-hybridized carbons (Fsp3) is 0.611. The van der Waals surface area contributed by atoms with Crippen LogP contribution < -0.4 is 10.6 Å². The van der Waals surface area contributed by atoms with Gasteiger partial charge in [-0.1, -0.05) is 38.0 Å². The highest BCUT2D eigenvalue weighted by Crippen LogP contribution is 2.08. The summed E-state index contributed by atoms with van der Waals surface area (Å²) < 4.78 is 0. The van der Waals surface area contributed by atoms with Crippen molar-refractivity contribution in [3.63, 3.8) is 0 Å². The maximum Gasteiger partial charge on any atom is 0.328 e. The van der Waals surface area contributed by atoms with Crippen molar-refractivity contribution in [3.8, 4) is 0 Å². The number of aliphatic carboxylic acids is 3. The van der Waals surface area contributed by atoms with Gasteiger partial charge in [0.2, 0.25) is 0 Å². The Hall–Kier alpha value is -1.84. The Balaban J connectivity index is 4.14. The van der Waals surface area contributed by atoms with Crippen LogP contribution in [0.5, 0.6) is 0 Å². The van der Waals surface area contributed by atoms with Gasteiger partial charge in [0.1, 0.15) is 12.1 Å². The third kappa shape index (κ3) is 15.0. The lowest BCUT2D eigenvalue weighted by Gasteiger charge is -2.15. The third-order valence-electron chi connectivity index (χ3n) is 3.55. The first kappa shape index (κ1) is 25.2. The predicted octanol–water partition coefficient (Wildman–Crippen LogP) is 1.58. The van der Waals surface area contributed by atoms with Crippen LogP contribution in [-0.2, 0) is 14.4 Å². The van der Waals surface area contributed by atoms with Gasteiger partial charge >= 0.3 is 17.9 Å². The van der Waals surface area contributed by atoms with Crippen molar-refractivity contribution in [1.29, 1.82) is 0 Å². The van der Waals surface area contributed by atoms with Crippen molar-refractivity contribution >= 4 is 29.7 Å². The van der Waals surface area contributed by atoms with Crippen LogP contribution >= 0.6 is 11.8 Å². The SMILES string of the molecule is CCCCC=CCNC(CCSCC(NCC=CC(=O)O)C(=O)O)C(=O)O. The fourth-order valence-electron chi connectivity index (χ4n) is 2.04. The summed E-state index contributed by atoms with van der Waals surface area (Å²) in [5, 5.41) is 32.6. The molecular weight excluding hydrogens is 372 g/mol. The van der Waals surface area contributed by atoms with Gasteiger partial charge in [-0.15, -0.1) is 0 Å². The van der Waals surface area contributed by atoms with Crippen molar-refractivity contribution in [2.24, 2.45) is 0 Å². The number of carboxylic acid groups (broad SMARTS) is 3. The second-order valence-electron chi connectivity index (χ2n) is 5.82. The molecule has 8 nitrogen and oxygen atoms in total. The quantitative estimate of drug-likeness (QED) is 0.139. The number of nitrogens with one attached hydrogen (secondary N) is 2. The fourth-order valence-corrected chi connectivity index (χ4v) is 3.10. The summed E-state index contributed by atoms with van der Waals surface area (Å²) in [6.07, 6.45) is 9.83. The highest BCUT2D eigenvalue weighted by molar-refractivity contribution is 7.99. The van der Waals surface area contributed by atoms with E-state index in [4.69, 9.17) is 10.2 Å². The van der Waals surface area contributed by atoms with E-state index < -0.39 is 30.0 Å². The average molecular weight is 403 g/mol. The van der Waals surface area contributed by atoms with E-state index in [1.165, 1.54) is 17.8 Å². The lowest BCUT2D eigenvalue weighted by atomic mass is 10.2. The molecule has 2 unspecified atom stereocenters. The third-order valence-corrected chi connectivity index (χ3v) is 4.64. The van der Waals surface area contributed by atoms with E-state index in [0.717, 1.165) is 25.3 Å². The van der Waals surface area contributed by atoms with Crippen LogP contribution in [0.4, 0.5) is 0 Å². The van der Waals surface area contributed by atoms with E-state index in [0.29, 0.717) is 18.7 Å². The van der Waals surface area contributed by atoms with Crippen molar-refractivity contribution in [3.05, 3.63) is 24.3 Å². The molecule has 0 aliphatic heterocycles. The van der Waals surface area contributed by atoms with Gasteiger partial charge in [-0.05, 0) is 18.6 Å². The van der Waals surface area contributed by atoms with Gasteiger partial charge in [0.25, 0.3) is 0 Å². The summed E-state index contributed by atoms with van der Waals surface area (Å²) in [4.78, 5) is 32.8. The van der Waals surface area contributed by atoms with Gasteiger partial charge in [-0.25, -0.2) is 4.79 Å². The molecule has 0 spiro atoms. The summed E-state index contributed by atoms with van der Waals surface area (Å²) in [6.45, 7) is 2.73. The van der Waals surface area contributed by atoms with Gasteiger partial charge < -0.3 is 26.0 Å². The first-order chi connectivity index (χ1) is 12.9. The van der Waals surface area contributed by atoms with E-state index in [-0.39, 0.29) is 12.3 Å². The number of thioether (sulfide) groups is 1. The molecule has 0 bridgehead atoms. The zero-order valence-electron chi connectivity index (χ0n) is 15.6. The van der Waals surface area contributed by atoms with Crippen LogP contribution in [-0.4, -0.2) is 69.9 Å². The molecule has 0 rings (SSSR count). The van der Waals surface area contributed by atoms with Crippen LogP contribution in [0, 0.1) is 0 Å². The van der Waals surface area contributed by atoms with Crippen LogP contribution in [0.1, 0.15) is 32.6 Å². The molecule has 5 N–H and O–H groups in total. The molecule has 0 aromatic rings. The molecule has 0 saturated heterocycles. The molecule has 9 heteroatoms. The number of hydrogen-bond donors (Lipinski definition) is 5. The Morgan fingerprint density at radius 3 is 2.19 bits per heavy atom. The minimum Gasteiger partial charge on any atom is -0.480 e. The van der Waals surface area contributed by atoms with Gasteiger partial charge in [0, 0.05) is 24.9 Å². The molecule has 0 aliphatic rings. The molecule has 0 saturated carbocycles. The first-order valence-corrected chi connectivity index (χ1v) is 10.1. The van der Waals surface area contributed by atoms with Crippen LogP contribution in [0.2, 0.25) is 0 Å². The van der Waals surface area contributed by atoms with Crippen LogP contribution in [0.15, 0.2) is 24.3 Å². The van der Waals surface area contributed by atoms with E-state index >= 15 is 0 Å². The number of rotatable bonds is 17. The molecule has 0 heterocycles. The molecule has 0 fully saturated rings. The van der Waals surface area contributed by atoms with Gasteiger partial charge in [-0.3, -0.25) is 9.59 Å². The standard InChI is InChI=1S/C18H30N2O6S/c1-2-3-4-5-6-10-19-14(17(23)24)9-12-27-13-15(18(25)26)20-11-7-8-16(21)22/h5-8,14-15,19-20H,2-4,9-13H2,1H3,(H,21,22)(H,23,24)(H,25,26). The second-order valence-corrected chi connectivity index (χ2v) is 6.97. The zero-order chi connectivity index (χ0) is 20.5. The Morgan fingerprint density at radius 1 is 0.963 bits per heavy atom. The van der Waals surface area contributed by atoms with Crippen molar-refractivity contribution in [1.82, 2.24) is 10.6 Å². The van der Waals surface area contributed by atoms with Crippen LogP contribution in [0.3, 0.4) is 0 Å². The first-order valence-electron chi connectivity index (χ1n) is 8.93. The maximum atomic E-state index is 11.3. The number of carboxylic acids is 3. The second kappa shape index (κ2) is 16.3. The molecule has 0 aromatic carbocycles. The largest absolute Gasteiger partial charge is 0.480 e. The summed E-state index contributed by atoms with van der Waals surface area (Å²) >= 11 is 1.34. The number of carbonyl (C=O) groups is 3. The van der Waals surface area contributed by atoms with Crippen molar-refractivity contribution in [2.45, 2.75) is 44.7 Å². The predicted molar refractivity (Wildman–Crippen MR) is 106 cm³/mol. The lowest BCUT2D eigenvalue weighted by molar-refractivity contribution is -0.140. The lowest BCUT2D eigenvalue weighted by Crippen LogP contribution is -2.39. The molecule has 0 radical (unpaired) electrons. The molecule has 0 aliphatic carbocycles. The molecule has 2 atom stereocenters. The Labute approximate surface area is 164 Å². The Kier molecular flexibility index (Phi) is 15.2. The summed E-state index contributed by atoms with van der Waals surface area (Å²) in [6, 6.07) is -1.51. The maximum absolute atomic E-state index is 11.3. The molecule has 154 valence electrons. The summed E-state index contributed by atoms with van der Waals surface area (Å²) in [7, 11) is 0. The van der Waals surface area contributed by atoms with E-state index in [2.05, 4.69) is 17.6 Å². The molecule has 27 heavy (non-hydrogen) atoms. The van der Waals surface area contributed by atoms with E-state index in [1.54, 1.807) is 0 Å². The normalized spacial score (nSPS) is 13.8. The average Bonchev–Trinajstić information content (AvgIpc) is 2.60. The van der Waals surface area contributed by atoms with Crippen LogP contribution in [0.25, 0.3) is 0 Å². The minimum absolute atomic E-state index is 0.132. The highest BCUT2D eigenvalue weighted by atomic mass is 32.2. The van der Waals surface area contributed by atoms with Gasteiger partial charge in [0.15, 0.2) is 0 Å². The topological polar surface area (TPSA) is 136 Å². The van der Waals surface area contributed by atoms with Gasteiger partial charge in [0.05, 0.1) is 0 Å².